The van der Waals surface area contributed by atoms with Crippen LogP contribution in [0.3, 0.4) is 0 Å². The molecule has 0 amide bonds. The lowest BCUT2D eigenvalue weighted by atomic mass is 10.1. The number of sulfonamides is 1. The minimum absolute atomic E-state index is 0.156. The summed E-state index contributed by atoms with van der Waals surface area (Å²) >= 11 is 0. The van der Waals surface area contributed by atoms with Gasteiger partial charge >= 0.3 is 0 Å². The Morgan fingerprint density at radius 1 is 0.810 bits per heavy atom. The van der Waals surface area contributed by atoms with E-state index in [0.29, 0.717) is 0 Å². The molecular formula is C16H20N2O2S. The molecule has 0 saturated carbocycles. The first-order valence-electron chi connectivity index (χ1n) is 6.92. The minimum atomic E-state index is -3.59. The van der Waals surface area contributed by atoms with E-state index in [9.17, 15) is 8.42 Å². The molecule has 0 aromatic heterocycles. The maximum Gasteiger partial charge on any atom is 0.238 e. The molecule has 21 heavy (non-hydrogen) atoms. The van der Waals surface area contributed by atoms with Crippen LogP contribution in [0.4, 0.5) is 0 Å². The molecule has 0 atom stereocenters. The van der Waals surface area contributed by atoms with Crippen LogP contribution in [0.15, 0.2) is 59.5 Å². The van der Waals surface area contributed by atoms with Crippen LogP contribution in [0.1, 0.15) is 11.1 Å². The maximum atomic E-state index is 11.1. The molecule has 0 unspecified atom stereocenters. The monoisotopic (exact) mass is 304 g/mol. The first-order chi connectivity index (χ1) is 10.1. The van der Waals surface area contributed by atoms with E-state index in [4.69, 9.17) is 5.14 Å². The summed E-state index contributed by atoms with van der Waals surface area (Å²) in [6.07, 6.45) is 1.87. The molecule has 0 saturated heterocycles. The fourth-order valence-corrected chi connectivity index (χ4v) is 2.60. The van der Waals surface area contributed by atoms with Crippen molar-refractivity contribution in [1.82, 2.24) is 5.32 Å². The molecule has 0 heterocycles. The molecule has 0 aliphatic carbocycles. The zero-order valence-corrected chi connectivity index (χ0v) is 12.6. The Labute approximate surface area is 126 Å². The van der Waals surface area contributed by atoms with Crippen LogP contribution in [0.5, 0.6) is 0 Å². The van der Waals surface area contributed by atoms with Crippen molar-refractivity contribution in [2.75, 3.05) is 13.1 Å². The van der Waals surface area contributed by atoms with E-state index in [0.717, 1.165) is 31.5 Å². The average molecular weight is 304 g/mol. The second kappa shape index (κ2) is 7.36. The standard InChI is InChI=1S/C16H20N2O2S/c17-21(19,20)16-8-6-15(7-9-16)11-13-18-12-10-14-4-2-1-3-5-14/h1-9,18H,10-13H2,(H2,17,19,20). The van der Waals surface area contributed by atoms with Crippen molar-refractivity contribution < 1.29 is 8.42 Å². The lowest BCUT2D eigenvalue weighted by Crippen LogP contribution is -2.20. The summed E-state index contributed by atoms with van der Waals surface area (Å²) in [7, 11) is -3.59. The molecule has 3 N–H and O–H groups in total. The van der Waals surface area contributed by atoms with Gasteiger partial charge in [-0.05, 0) is 49.2 Å². The van der Waals surface area contributed by atoms with Crippen LogP contribution in [0.25, 0.3) is 0 Å². The van der Waals surface area contributed by atoms with Crippen molar-refractivity contribution in [3.8, 4) is 0 Å². The zero-order chi connectivity index (χ0) is 15.1. The summed E-state index contributed by atoms with van der Waals surface area (Å²) in [5.41, 5.74) is 2.41. The highest BCUT2D eigenvalue weighted by atomic mass is 32.2. The smallest absolute Gasteiger partial charge is 0.238 e. The van der Waals surface area contributed by atoms with Gasteiger partial charge in [0.1, 0.15) is 0 Å². The number of hydrogen-bond acceptors (Lipinski definition) is 3. The van der Waals surface area contributed by atoms with Crippen LogP contribution in [0, 0.1) is 0 Å². The van der Waals surface area contributed by atoms with Crippen molar-refractivity contribution in [2.45, 2.75) is 17.7 Å². The largest absolute Gasteiger partial charge is 0.316 e. The van der Waals surface area contributed by atoms with Gasteiger partial charge in [-0.3, -0.25) is 0 Å². The predicted molar refractivity (Wildman–Crippen MR) is 84.5 cm³/mol. The fourth-order valence-electron chi connectivity index (χ4n) is 2.08. The molecular weight excluding hydrogens is 284 g/mol. The van der Waals surface area contributed by atoms with Crippen molar-refractivity contribution in [1.29, 1.82) is 0 Å². The van der Waals surface area contributed by atoms with Gasteiger partial charge in [0.05, 0.1) is 4.90 Å². The first kappa shape index (κ1) is 15.7. The summed E-state index contributed by atoms with van der Waals surface area (Å²) in [5.74, 6) is 0. The molecule has 112 valence electrons. The van der Waals surface area contributed by atoms with Gasteiger partial charge in [0.15, 0.2) is 0 Å². The zero-order valence-electron chi connectivity index (χ0n) is 11.8. The van der Waals surface area contributed by atoms with Crippen molar-refractivity contribution >= 4 is 10.0 Å². The van der Waals surface area contributed by atoms with Crippen LogP contribution < -0.4 is 10.5 Å². The summed E-state index contributed by atoms with van der Waals surface area (Å²) in [6, 6.07) is 17.1. The normalized spacial score (nSPS) is 11.5. The third kappa shape index (κ3) is 5.30. The number of primary sulfonamides is 1. The number of nitrogens with two attached hydrogens (primary N) is 1. The molecule has 5 heteroatoms. The Hall–Kier alpha value is -1.69. The van der Waals surface area contributed by atoms with Gasteiger partial charge in [0.25, 0.3) is 0 Å². The highest BCUT2D eigenvalue weighted by Gasteiger charge is 2.06. The second-order valence-corrected chi connectivity index (χ2v) is 6.49. The minimum Gasteiger partial charge on any atom is -0.316 e. The number of hydrogen-bond donors (Lipinski definition) is 2. The molecule has 4 nitrogen and oxygen atoms in total. The molecule has 2 aromatic rings. The second-order valence-electron chi connectivity index (χ2n) is 4.92. The number of nitrogens with one attached hydrogen (secondary N) is 1. The molecule has 0 aliphatic rings. The molecule has 0 aliphatic heterocycles. The van der Waals surface area contributed by atoms with Gasteiger partial charge < -0.3 is 5.32 Å². The molecule has 2 rings (SSSR count). The van der Waals surface area contributed by atoms with Gasteiger partial charge in [-0.25, -0.2) is 13.6 Å². The molecule has 0 spiro atoms. The molecule has 0 radical (unpaired) electrons. The van der Waals surface area contributed by atoms with Crippen molar-refractivity contribution in [3.05, 3.63) is 65.7 Å². The van der Waals surface area contributed by atoms with E-state index in [2.05, 4.69) is 17.4 Å². The van der Waals surface area contributed by atoms with E-state index < -0.39 is 10.0 Å². The van der Waals surface area contributed by atoms with E-state index in [1.807, 2.05) is 18.2 Å². The SMILES string of the molecule is NS(=O)(=O)c1ccc(CCNCCc2ccccc2)cc1. The van der Waals surface area contributed by atoms with Crippen molar-refractivity contribution in [2.24, 2.45) is 5.14 Å². The quantitative estimate of drug-likeness (QED) is 0.765. The lowest BCUT2D eigenvalue weighted by molar-refractivity contribution is 0.597. The summed E-state index contributed by atoms with van der Waals surface area (Å²) in [6.45, 7) is 1.79. The fraction of sp³-hybridized carbons (Fsp3) is 0.250. The number of rotatable bonds is 7. The molecule has 0 bridgehead atoms. The highest BCUT2D eigenvalue weighted by Crippen LogP contribution is 2.08. The lowest BCUT2D eigenvalue weighted by Gasteiger charge is -2.06. The molecule has 2 aromatic carbocycles. The van der Waals surface area contributed by atoms with Gasteiger partial charge in [0.2, 0.25) is 10.0 Å². The molecule has 0 fully saturated rings. The van der Waals surface area contributed by atoms with E-state index in [1.165, 1.54) is 5.56 Å². The van der Waals surface area contributed by atoms with Crippen LogP contribution in [0.2, 0.25) is 0 Å². The first-order valence-corrected chi connectivity index (χ1v) is 8.47. The maximum absolute atomic E-state index is 11.1. The van der Waals surface area contributed by atoms with Gasteiger partial charge in [-0.2, -0.15) is 0 Å². The Kier molecular flexibility index (Phi) is 5.50. The van der Waals surface area contributed by atoms with Crippen LogP contribution in [-0.4, -0.2) is 21.5 Å². The Balaban J connectivity index is 1.71. The van der Waals surface area contributed by atoms with Crippen LogP contribution in [-0.2, 0) is 22.9 Å². The Bertz CT molecular complexity index is 652. The average Bonchev–Trinajstić information content (AvgIpc) is 2.47. The van der Waals surface area contributed by atoms with Crippen molar-refractivity contribution in [3.63, 3.8) is 0 Å². The highest BCUT2D eigenvalue weighted by molar-refractivity contribution is 7.89. The number of benzene rings is 2. The van der Waals surface area contributed by atoms with Gasteiger partial charge in [-0.1, -0.05) is 42.5 Å². The third-order valence-electron chi connectivity index (χ3n) is 3.28. The topological polar surface area (TPSA) is 72.2 Å². The van der Waals surface area contributed by atoms with Crippen LogP contribution >= 0.6 is 0 Å². The summed E-state index contributed by atoms with van der Waals surface area (Å²) in [4.78, 5) is 0.156. The van der Waals surface area contributed by atoms with Gasteiger partial charge in [-0.15, -0.1) is 0 Å². The Morgan fingerprint density at radius 3 is 1.86 bits per heavy atom. The third-order valence-corrected chi connectivity index (χ3v) is 4.20. The summed E-state index contributed by atoms with van der Waals surface area (Å²) in [5, 5.41) is 8.45. The van der Waals surface area contributed by atoms with E-state index in [1.54, 1.807) is 24.3 Å². The van der Waals surface area contributed by atoms with E-state index >= 15 is 0 Å². The van der Waals surface area contributed by atoms with Gasteiger partial charge in [0, 0.05) is 0 Å². The Morgan fingerprint density at radius 2 is 1.33 bits per heavy atom. The summed E-state index contributed by atoms with van der Waals surface area (Å²) < 4.78 is 22.3. The van der Waals surface area contributed by atoms with E-state index in [-0.39, 0.29) is 4.90 Å². The predicted octanol–water partition coefficient (Wildman–Crippen LogP) is 1.71.